The molecule has 0 spiro atoms. The molecule has 3 rings (SSSR count). The molecular weight excluding hydrogens is 328 g/mol. The first-order valence-corrected chi connectivity index (χ1v) is 8.26. The molecule has 1 fully saturated rings. The summed E-state index contributed by atoms with van der Waals surface area (Å²) in [4.78, 5) is 23.3. The second-order valence-corrected chi connectivity index (χ2v) is 6.39. The number of pyridine rings is 1. The predicted octanol–water partition coefficient (Wildman–Crippen LogP) is 2.18. The summed E-state index contributed by atoms with van der Waals surface area (Å²) in [5.74, 6) is -0.665. The molecule has 0 bridgehead atoms. The average molecular weight is 351 g/mol. The molecule has 0 atom stereocenters. The topological polar surface area (TPSA) is 73.9 Å². The number of anilines is 1. The highest BCUT2D eigenvalue weighted by molar-refractivity contribution is 5.57. The SMILES string of the molecule is CC(C)C.O=c1[nH]c(-c2ccnc(F)c2)nc(N2CCNCC2)c1F. The van der Waals surface area contributed by atoms with Crippen LogP contribution in [0.25, 0.3) is 11.4 Å². The fourth-order valence-electron chi connectivity index (χ4n) is 2.22. The first-order chi connectivity index (χ1) is 11.9. The van der Waals surface area contributed by atoms with Crippen molar-refractivity contribution in [2.75, 3.05) is 31.1 Å². The average Bonchev–Trinajstić information content (AvgIpc) is 2.57. The van der Waals surface area contributed by atoms with Gasteiger partial charge in [-0.3, -0.25) is 4.79 Å². The summed E-state index contributed by atoms with van der Waals surface area (Å²) in [6.45, 7) is 8.98. The van der Waals surface area contributed by atoms with Crippen molar-refractivity contribution < 1.29 is 8.78 Å². The second-order valence-electron chi connectivity index (χ2n) is 6.39. The van der Waals surface area contributed by atoms with Gasteiger partial charge in [0.2, 0.25) is 11.8 Å². The van der Waals surface area contributed by atoms with Crippen molar-refractivity contribution >= 4 is 5.82 Å². The summed E-state index contributed by atoms with van der Waals surface area (Å²) < 4.78 is 27.2. The minimum atomic E-state index is -0.921. The highest BCUT2D eigenvalue weighted by Crippen LogP contribution is 2.19. The fraction of sp³-hybridized carbons (Fsp3) is 0.471. The summed E-state index contributed by atoms with van der Waals surface area (Å²) in [6, 6.07) is 2.64. The van der Waals surface area contributed by atoms with Crippen LogP contribution in [0.2, 0.25) is 0 Å². The molecule has 3 heterocycles. The molecule has 0 saturated carbocycles. The van der Waals surface area contributed by atoms with E-state index in [1.165, 1.54) is 12.3 Å². The van der Waals surface area contributed by atoms with Crippen LogP contribution in [-0.4, -0.2) is 41.1 Å². The Hall–Kier alpha value is -2.35. The van der Waals surface area contributed by atoms with Crippen LogP contribution in [0.15, 0.2) is 23.1 Å². The van der Waals surface area contributed by atoms with Crippen LogP contribution in [0, 0.1) is 17.7 Å². The monoisotopic (exact) mass is 351 g/mol. The van der Waals surface area contributed by atoms with E-state index >= 15 is 0 Å². The molecule has 0 unspecified atom stereocenters. The molecule has 2 aromatic heterocycles. The van der Waals surface area contributed by atoms with Crippen molar-refractivity contribution in [1.29, 1.82) is 0 Å². The van der Waals surface area contributed by atoms with Crippen LogP contribution in [0.4, 0.5) is 14.6 Å². The quantitative estimate of drug-likeness (QED) is 0.812. The van der Waals surface area contributed by atoms with E-state index in [0.717, 1.165) is 12.0 Å². The van der Waals surface area contributed by atoms with E-state index in [-0.39, 0.29) is 11.6 Å². The Morgan fingerprint density at radius 3 is 2.44 bits per heavy atom. The number of nitrogens with one attached hydrogen (secondary N) is 2. The largest absolute Gasteiger partial charge is 0.351 e. The van der Waals surface area contributed by atoms with Crippen molar-refractivity contribution in [2.24, 2.45) is 5.92 Å². The van der Waals surface area contributed by atoms with Gasteiger partial charge < -0.3 is 15.2 Å². The van der Waals surface area contributed by atoms with Crippen molar-refractivity contribution in [3.8, 4) is 11.4 Å². The van der Waals surface area contributed by atoms with Crippen LogP contribution in [0.5, 0.6) is 0 Å². The minimum absolute atomic E-state index is 0.00697. The lowest BCUT2D eigenvalue weighted by atomic mass is 10.2. The smallest absolute Gasteiger partial charge is 0.289 e. The summed E-state index contributed by atoms with van der Waals surface area (Å²) in [5.41, 5.74) is -0.526. The van der Waals surface area contributed by atoms with Crippen molar-refractivity contribution in [1.82, 2.24) is 20.3 Å². The zero-order chi connectivity index (χ0) is 18.4. The van der Waals surface area contributed by atoms with E-state index in [1.54, 1.807) is 4.90 Å². The van der Waals surface area contributed by atoms with Crippen molar-refractivity contribution in [3.05, 3.63) is 40.4 Å². The summed E-state index contributed by atoms with van der Waals surface area (Å²) >= 11 is 0. The van der Waals surface area contributed by atoms with Crippen molar-refractivity contribution in [2.45, 2.75) is 20.8 Å². The second kappa shape index (κ2) is 8.66. The third-order valence-corrected chi connectivity index (χ3v) is 3.26. The Kier molecular flexibility index (Phi) is 6.58. The molecule has 25 heavy (non-hydrogen) atoms. The fourth-order valence-corrected chi connectivity index (χ4v) is 2.22. The maximum absolute atomic E-state index is 14.0. The number of H-pyrrole nitrogens is 1. The van der Waals surface area contributed by atoms with Gasteiger partial charge in [-0.2, -0.15) is 8.78 Å². The first kappa shape index (κ1) is 19.0. The Labute approximate surface area is 145 Å². The summed E-state index contributed by atoms with van der Waals surface area (Å²) in [7, 11) is 0. The van der Waals surface area contributed by atoms with E-state index < -0.39 is 17.3 Å². The Balaban J connectivity index is 0.000000511. The molecule has 2 N–H and O–H groups in total. The maximum Gasteiger partial charge on any atom is 0.289 e. The molecule has 0 radical (unpaired) electrons. The normalized spacial score (nSPS) is 14.2. The zero-order valence-corrected chi connectivity index (χ0v) is 14.6. The van der Waals surface area contributed by atoms with Gasteiger partial charge in [-0.05, 0) is 12.0 Å². The van der Waals surface area contributed by atoms with Crippen LogP contribution in [0.3, 0.4) is 0 Å². The lowest BCUT2D eigenvalue weighted by molar-refractivity contribution is 0.551. The van der Waals surface area contributed by atoms with Gasteiger partial charge in [0.15, 0.2) is 5.82 Å². The molecule has 0 aromatic carbocycles. The van der Waals surface area contributed by atoms with Gasteiger partial charge in [-0.25, -0.2) is 9.97 Å². The molecule has 2 aromatic rings. The van der Waals surface area contributed by atoms with E-state index in [2.05, 4.69) is 41.0 Å². The lowest BCUT2D eigenvalue weighted by Crippen LogP contribution is -2.45. The number of aromatic amines is 1. The third kappa shape index (κ3) is 5.32. The third-order valence-electron chi connectivity index (χ3n) is 3.26. The Morgan fingerprint density at radius 1 is 1.20 bits per heavy atom. The maximum atomic E-state index is 14.0. The molecule has 6 nitrogen and oxygen atoms in total. The van der Waals surface area contributed by atoms with Gasteiger partial charge >= 0.3 is 0 Å². The molecule has 1 aliphatic rings. The predicted molar refractivity (Wildman–Crippen MR) is 93.6 cm³/mol. The number of piperazine rings is 1. The molecule has 136 valence electrons. The van der Waals surface area contributed by atoms with Crippen LogP contribution in [0.1, 0.15) is 20.8 Å². The van der Waals surface area contributed by atoms with Gasteiger partial charge in [0, 0.05) is 44.0 Å². The molecule has 1 saturated heterocycles. The summed E-state index contributed by atoms with van der Waals surface area (Å²) in [5, 5.41) is 3.14. The van der Waals surface area contributed by atoms with Crippen molar-refractivity contribution in [3.63, 3.8) is 0 Å². The summed E-state index contributed by atoms with van der Waals surface area (Å²) in [6.07, 6.45) is 1.26. The lowest BCUT2D eigenvalue weighted by Gasteiger charge is -2.28. The Morgan fingerprint density at radius 2 is 1.84 bits per heavy atom. The van der Waals surface area contributed by atoms with E-state index in [0.29, 0.717) is 31.7 Å². The highest BCUT2D eigenvalue weighted by atomic mass is 19.1. The highest BCUT2D eigenvalue weighted by Gasteiger charge is 2.20. The van der Waals surface area contributed by atoms with Gasteiger partial charge in [0.1, 0.15) is 5.82 Å². The molecular formula is C17H23F2N5O. The molecule has 1 aliphatic heterocycles. The van der Waals surface area contributed by atoms with E-state index in [4.69, 9.17) is 0 Å². The first-order valence-electron chi connectivity index (χ1n) is 8.26. The van der Waals surface area contributed by atoms with Crippen LogP contribution in [-0.2, 0) is 0 Å². The Bertz CT molecular complexity index is 754. The molecule has 8 heteroatoms. The molecule has 0 amide bonds. The van der Waals surface area contributed by atoms with Crippen LogP contribution < -0.4 is 15.8 Å². The zero-order valence-electron chi connectivity index (χ0n) is 14.6. The minimum Gasteiger partial charge on any atom is -0.351 e. The number of hydrogen-bond acceptors (Lipinski definition) is 5. The molecule has 0 aliphatic carbocycles. The van der Waals surface area contributed by atoms with E-state index in [1.807, 2.05) is 0 Å². The van der Waals surface area contributed by atoms with Gasteiger partial charge in [0.25, 0.3) is 5.56 Å². The number of nitrogens with zero attached hydrogens (tertiary/aromatic N) is 3. The standard InChI is InChI=1S/C13H13F2N5O.C4H10/c14-9-7-8(1-2-17-9)11-18-12(10(15)13(21)19-11)20-5-3-16-4-6-20;1-4(2)3/h1-2,7,16H,3-6H2,(H,18,19,21);4H,1-3H3. The van der Waals surface area contributed by atoms with Gasteiger partial charge in [0.05, 0.1) is 0 Å². The number of halogens is 2. The number of hydrogen-bond donors (Lipinski definition) is 2. The van der Waals surface area contributed by atoms with Gasteiger partial charge in [-0.1, -0.05) is 20.8 Å². The van der Waals surface area contributed by atoms with Gasteiger partial charge in [-0.15, -0.1) is 0 Å². The number of aromatic nitrogens is 3. The van der Waals surface area contributed by atoms with E-state index in [9.17, 15) is 13.6 Å². The number of rotatable bonds is 2. The van der Waals surface area contributed by atoms with Crippen LogP contribution >= 0.6 is 0 Å².